The van der Waals surface area contributed by atoms with Crippen LogP contribution in [0.15, 0.2) is 84.9 Å². The fraction of sp³-hybridized carbons (Fsp3) is 0. The Morgan fingerprint density at radius 2 is 1.17 bits per heavy atom. The van der Waals surface area contributed by atoms with Crippen molar-refractivity contribution in [3.63, 3.8) is 0 Å². The summed E-state index contributed by atoms with van der Waals surface area (Å²) in [7, 11) is 0. The van der Waals surface area contributed by atoms with Gasteiger partial charge >= 0.3 is 0 Å². The van der Waals surface area contributed by atoms with E-state index in [1.165, 1.54) is 11.3 Å². The number of fused-ring (bicyclic) bond motifs is 2. The first-order valence-corrected chi connectivity index (χ1v) is 9.99. The summed E-state index contributed by atoms with van der Waals surface area (Å²) in [5.74, 6) is -0.722. The van der Waals surface area contributed by atoms with Crippen molar-refractivity contribution in [2.75, 3.05) is 0 Å². The molecule has 0 radical (unpaired) electrons. The van der Waals surface area contributed by atoms with Crippen LogP contribution in [-0.2, 0) is 0 Å². The average molecular weight is 394 g/mol. The van der Waals surface area contributed by atoms with E-state index in [-0.39, 0.29) is 22.9 Å². The maximum absolute atomic E-state index is 13.5. The van der Waals surface area contributed by atoms with Gasteiger partial charge < -0.3 is 0 Å². The summed E-state index contributed by atoms with van der Waals surface area (Å²) in [5, 5.41) is 0. The van der Waals surface area contributed by atoms with Crippen LogP contribution in [0.3, 0.4) is 0 Å². The molecule has 1 aliphatic rings. The Hall–Kier alpha value is -3.63. The predicted octanol–water partition coefficient (Wildman–Crippen LogP) is 5.42. The summed E-state index contributed by atoms with van der Waals surface area (Å²) in [5.41, 5.74) is 2.59. The van der Waals surface area contributed by atoms with Crippen molar-refractivity contribution in [2.24, 2.45) is 0 Å². The molecule has 3 nitrogen and oxygen atoms in total. The van der Waals surface area contributed by atoms with Crippen LogP contribution in [0.2, 0.25) is 0 Å². The summed E-state index contributed by atoms with van der Waals surface area (Å²) in [6.07, 6.45) is 0. The summed E-state index contributed by atoms with van der Waals surface area (Å²) >= 11 is 1.22. The zero-order valence-electron chi connectivity index (χ0n) is 15.2. The molecule has 0 fully saturated rings. The monoisotopic (exact) mass is 394 g/mol. The van der Waals surface area contributed by atoms with Gasteiger partial charge in [0.25, 0.3) is 0 Å². The van der Waals surface area contributed by atoms with Gasteiger partial charge in [-0.1, -0.05) is 84.9 Å². The highest BCUT2D eigenvalue weighted by molar-refractivity contribution is 7.18. The Balaban J connectivity index is 1.82. The molecule has 0 saturated heterocycles. The van der Waals surface area contributed by atoms with E-state index in [0.29, 0.717) is 32.0 Å². The lowest BCUT2D eigenvalue weighted by atomic mass is 9.84. The van der Waals surface area contributed by atoms with Crippen LogP contribution in [0, 0.1) is 0 Å². The Morgan fingerprint density at radius 1 is 0.621 bits per heavy atom. The second-order valence-electron chi connectivity index (χ2n) is 6.78. The van der Waals surface area contributed by atoms with Gasteiger partial charge in [-0.25, -0.2) is 0 Å². The molecule has 0 atom stereocenters. The number of carbonyl (C=O) groups is 3. The lowest BCUT2D eigenvalue weighted by Gasteiger charge is -2.15. The van der Waals surface area contributed by atoms with Gasteiger partial charge in [-0.3, -0.25) is 14.4 Å². The van der Waals surface area contributed by atoms with E-state index < -0.39 is 0 Å². The highest BCUT2D eigenvalue weighted by Crippen LogP contribution is 2.42. The summed E-state index contributed by atoms with van der Waals surface area (Å²) in [4.78, 5) is 41.0. The lowest BCUT2D eigenvalue weighted by Crippen LogP contribution is -2.21. The number of benzene rings is 3. The lowest BCUT2D eigenvalue weighted by molar-refractivity contribution is 0.0975. The van der Waals surface area contributed by atoms with E-state index in [1.54, 1.807) is 48.5 Å². The summed E-state index contributed by atoms with van der Waals surface area (Å²) in [6.45, 7) is 0. The molecular weight excluding hydrogens is 380 g/mol. The molecule has 0 saturated carbocycles. The van der Waals surface area contributed by atoms with Crippen LogP contribution in [0.5, 0.6) is 0 Å². The number of hydrogen-bond donors (Lipinski definition) is 0. The minimum Gasteiger partial charge on any atom is -0.289 e. The number of thiophene rings is 1. The van der Waals surface area contributed by atoms with Gasteiger partial charge in [-0.05, 0) is 5.56 Å². The first-order valence-electron chi connectivity index (χ1n) is 9.17. The zero-order valence-corrected chi connectivity index (χ0v) is 16.0. The molecule has 0 amide bonds. The minimum absolute atomic E-state index is 0.204. The molecule has 5 rings (SSSR count). The Kier molecular flexibility index (Phi) is 4.07. The topological polar surface area (TPSA) is 51.2 Å². The molecule has 0 bridgehead atoms. The third kappa shape index (κ3) is 2.69. The maximum Gasteiger partial charge on any atom is 0.204 e. The van der Waals surface area contributed by atoms with Crippen LogP contribution < -0.4 is 0 Å². The molecule has 1 aromatic heterocycles. The smallest absolute Gasteiger partial charge is 0.204 e. The van der Waals surface area contributed by atoms with Crippen LogP contribution in [0.25, 0.3) is 10.4 Å². The highest BCUT2D eigenvalue weighted by atomic mass is 32.1. The number of ketones is 3. The largest absolute Gasteiger partial charge is 0.289 e. The normalized spacial score (nSPS) is 12.4. The first-order chi connectivity index (χ1) is 14.2. The SMILES string of the molecule is O=C1c2ccccc2C(=O)c2c1sc(-c1ccccc1)c2C(=O)c1ccccc1. The van der Waals surface area contributed by atoms with Gasteiger partial charge in [0.2, 0.25) is 5.78 Å². The molecule has 1 aliphatic carbocycles. The molecule has 4 heteroatoms. The fourth-order valence-electron chi connectivity index (χ4n) is 3.69. The zero-order chi connectivity index (χ0) is 20.0. The molecule has 0 unspecified atom stereocenters. The number of rotatable bonds is 3. The van der Waals surface area contributed by atoms with Gasteiger partial charge in [0.05, 0.1) is 16.0 Å². The Bertz CT molecular complexity index is 1280. The van der Waals surface area contributed by atoms with Crippen molar-refractivity contribution in [3.05, 3.63) is 118 Å². The molecule has 3 aromatic carbocycles. The molecule has 138 valence electrons. The molecule has 0 N–H and O–H groups in total. The van der Waals surface area contributed by atoms with E-state index in [0.717, 1.165) is 5.56 Å². The average Bonchev–Trinajstić information content (AvgIpc) is 3.19. The number of carbonyl (C=O) groups excluding carboxylic acids is 3. The van der Waals surface area contributed by atoms with Gasteiger partial charge in [-0.2, -0.15) is 0 Å². The van der Waals surface area contributed by atoms with Gasteiger partial charge in [0.1, 0.15) is 0 Å². The maximum atomic E-state index is 13.5. The fourth-order valence-corrected chi connectivity index (χ4v) is 4.94. The summed E-state index contributed by atoms with van der Waals surface area (Å²) in [6, 6.07) is 25.1. The van der Waals surface area contributed by atoms with Gasteiger partial charge in [0.15, 0.2) is 11.6 Å². The first kappa shape index (κ1) is 17.5. The van der Waals surface area contributed by atoms with E-state index >= 15 is 0 Å². The number of hydrogen-bond acceptors (Lipinski definition) is 4. The van der Waals surface area contributed by atoms with Crippen molar-refractivity contribution >= 4 is 28.7 Å². The third-order valence-electron chi connectivity index (χ3n) is 5.06. The van der Waals surface area contributed by atoms with Crippen LogP contribution in [0.1, 0.15) is 47.1 Å². The molecule has 0 spiro atoms. The highest BCUT2D eigenvalue weighted by Gasteiger charge is 2.37. The van der Waals surface area contributed by atoms with Crippen LogP contribution in [-0.4, -0.2) is 17.3 Å². The van der Waals surface area contributed by atoms with E-state index in [4.69, 9.17) is 0 Å². The van der Waals surface area contributed by atoms with E-state index in [9.17, 15) is 14.4 Å². The second kappa shape index (κ2) is 6.76. The van der Waals surface area contributed by atoms with Crippen molar-refractivity contribution in [1.29, 1.82) is 0 Å². The predicted molar refractivity (Wildman–Crippen MR) is 113 cm³/mol. The van der Waals surface area contributed by atoms with E-state index in [1.807, 2.05) is 36.4 Å². The Morgan fingerprint density at radius 3 is 1.83 bits per heavy atom. The van der Waals surface area contributed by atoms with Crippen molar-refractivity contribution in [2.45, 2.75) is 0 Å². The van der Waals surface area contributed by atoms with Crippen molar-refractivity contribution in [1.82, 2.24) is 0 Å². The molecule has 4 aromatic rings. The van der Waals surface area contributed by atoms with Gasteiger partial charge in [0, 0.05) is 21.6 Å². The minimum atomic E-state index is -0.270. The second-order valence-corrected chi connectivity index (χ2v) is 7.80. The van der Waals surface area contributed by atoms with Gasteiger partial charge in [-0.15, -0.1) is 11.3 Å². The quantitative estimate of drug-likeness (QED) is 0.384. The standard InChI is InChI=1S/C25H14O3S/c26-21(15-9-3-1-4-10-15)19-20-22(27)17-13-7-8-14-18(17)23(28)25(20)29-24(19)16-11-5-2-6-12-16/h1-14H. The third-order valence-corrected chi connectivity index (χ3v) is 6.29. The van der Waals surface area contributed by atoms with E-state index in [2.05, 4.69) is 0 Å². The molecule has 29 heavy (non-hydrogen) atoms. The van der Waals surface area contributed by atoms with Crippen LogP contribution >= 0.6 is 11.3 Å². The van der Waals surface area contributed by atoms with Crippen LogP contribution in [0.4, 0.5) is 0 Å². The molecule has 0 aliphatic heterocycles. The van der Waals surface area contributed by atoms with Crippen molar-refractivity contribution < 1.29 is 14.4 Å². The summed E-state index contributed by atoms with van der Waals surface area (Å²) < 4.78 is 0. The molecule has 1 heterocycles. The van der Waals surface area contributed by atoms with Crippen molar-refractivity contribution in [3.8, 4) is 10.4 Å². The Labute approximate surface area is 171 Å². The molecular formula is C25H14O3S.